The number of nitrogens with zero attached hydrogens (tertiary/aromatic N) is 3. The Labute approximate surface area is 95.9 Å². The second-order valence-corrected chi connectivity index (χ2v) is 3.08. The Balaban J connectivity index is 2.75. The molecule has 0 radical (unpaired) electrons. The van der Waals surface area contributed by atoms with E-state index in [1.807, 2.05) is 0 Å². The van der Waals surface area contributed by atoms with Crippen LogP contribution >= 0.6 is 0 Å². The smallest absolute Gasteiger partial charge is 0.166 e. The first-order valence-electron chi connectivity index (χ1n) is 4.71. The maximum atomic E-state index is 12.4. The van der Waals surface area contributed by atoms with Crippen LogP contribution in [0.4, 0.5) is 13.2 Å². The van der Waals surface area contributed by atoms with Crippen molar-refractivity contribution in [1.29, 1.82) is 0 Å². The summed E-state index contributed by atoms with van der Waals surface area (Å²) < 4.78 is 37.1. The van der Waals surface area contributed by atoms with Crippen LogP contribution in [0.3, 0.4) is 0 Å². The van der Waals surface area contributed by atoms with Crippen molar-refractivity contribution in [1.82, 2.24) is 0 Å². The van der Waals surface area contributed by atoms with Gasteiger partial charge in [0.1, 0.15) is 0 Å². The predicted octanol–water partition coefficient (Wildman–Crippen LogP) is 3.76. The third-order valence-electron chi connectivity index (χ3n) is 1.82. The summed E-state index contributed by atoms with van der Waals surface area (Å²) in [6, 6.07) is 4.78. The third kappa shape index (κ3) is 4.49. The van der Waals surface area contributed by atoms with E-state index in [0.717, 1.165) is 12.1 Å². The van der Waals surface area contributed by atoms with Gasteiger partial charge in [0.05, 0.1) is 5.56 Å². The Hall–Kier alpha value is -2.12. The molecule has 17 heavy (non-hydrogen) atoms. The molecule has 0 unspecified atom stereocenters. The molecule has 0 aliphatic heterocycles. The molecule has 0 atom stereocenters. The van der Waals surface area contributed by atoms with Crippen LogP contribution in [0.15, 0.2) is 29.4 Å². The molecule has 0 bridgehead atoms. The zero-order valence-electron chi connectivity index (χ0n) is 8.70. The lowest BCUT2D eigenvalue weighted by molar-refractivity contribution is -0.137. The number of benzene rings is 1. The van der Waals surface area contributed by atoms with E-state index in [1.54, 1.807) is 0 Å². The summed E-state index contributed by atoms with van der Waals surface area (Å²) in [6.45, 7) is 0.211. The molecule has 0 heterocycles. The van der Waals surface area contributed by atoms with Gasteiger partial charge in [-0.25, -0.2) is 0 Å². The molecule has 0 aliphatic rings. The Morgan fingerprint density at radius 3 is 2.76 bits per heavy atom. The van der Waals surface area contributed by atoms with Gasteiger partial charge in [0.2, 0.25) is 0 Å². The monoisotopic (exact) mass is 239 g/mol. The highest BCUT2D eigenvalue weighted by Gasteiger charge is 2.30. The average molecular weight is 239 g/mol. The number of alkyl halides is 3. The van der Waals surface area contributed by atoms with Crippen molar-refractivity contribution in [3.05, 3.63) is 45.8 Å². The minimum absolute atomic E-state index is 0.211. The Kier molecular flexibility index (Phi) is 4.44. The van der Waals surface area contributed by atoms with Crippen LogP contribution in [0.1, 0.15) is 17.5 Å². The van der Waals surface area contributed by atoms with Crippen molar-refractivity contribution in [3.8, 4) is 11.8 Å². The molecule has 0 saturated carbocycles. The molecular weight excluding hydrogens is 231 g/mol. The van der Waals surface area contributed by atoms with Gasteiger partial charge in [0, 0.05) is 23.4 Å². The van der Waals surface area contributed by atoms with Crippen LogP contribution in [0.2, 0.25) is 0 Å². The van der Waals surface area contributed by atoms with Crippen molar-refractivity contribution in [2.75, 3.05) is 6.54 Å². The summed E-state index contributed by atoms with van der Waals surface area (Å²) in [7, 11) is 0. The zero-order valence-corrected chi connectivity index (χ0v) is 8.70. The maximum absolute atomic E-state index is 12.4. The molecule has 1 aromatic carbocycles. The molecule has 0 aromatic heterocycles. The lowest BCUT2D eigenvalue weighted by atomic mass is 10.1. The molecule has 6 heteroatoms. The van der Waals surface area contributed by atoms with Gasteiger partial charge >= 0.3 is 6.18 Å². The second-order valence-electron chi connectivity index (χ2n) is 3.08. The first-order chi connectivity index (χ1) is 8.04. The number of azide groups is 1. The van der Waals surface area contributed by atoms with Gasteiger partial charge in [-0.3, -0.25) is 0 Å². The van der Waals surface area contributed by atoms with Gasteiger partial charge in [0.25, 0.3) is 0 Å². The molecule has 0 saturated heterocycles. The van der Waals surface area contributed by atoms with E-state index < -0.39 is 11.7 Å². The number of rotatable bonds is 2. The Morgan fingerprint density at radius 1 is 1.35 bits per heavy atom. The number of hydrogen-bond acceptors (Lipinski definition) is 1. The predicted molar refractivity (Wildman–Crippen MR) is 57.0 cm³/mol. The van der Waals surface area contributed by atoms with Crippen molar-refractivity contribution in [2.45, 2.75) is 12.6 Å². The minimum Gasteiger partial charge on any atom is -0.166 e. The fourth-order valence-electron chi connectivity index (χ4n) is 1.09. The molecular formula is C11H8F3N3. The first-order valence-corrected chi connectivity index (χ1v) is 4.71. The average Bonchev–Trinajstić information content (AvgIpc) is 2.28. The zero-order chi connectivity index (χ0) is 12.7. The van der Waals surface area contributed by atoms with Crippen LogP contribution in [0.25, 0.3) is 10.4 Å². The molecule has 1 aromatic rings. The number of hydrogen-bond donors (Lipinski definition) is 0. The van der Waals surface area contributed by atoms with E-state index >= 15 is 0 Å². The van der Waals surface area contributed by atoms with Gasteiger partial charge in [-0.2, -0.15) is 13.2 Å². The van der Waals surface area contributed by atoms with Crippen LogP contribution < -0.4 is 0 Å². The highest BCUT2D eigenvalue weighted by Crippen LogP contribution is 2.29. The summed E-state index contributed by atoms with van der Waals surface area (Å²) >= 11 is 0. The van der Waals surface area contributed by atoms with E-state index in [9.17, 15) is 13.2 Å². The topological polar surface area (TPSA) is 48.8 Å². The Morgan fingerprint density at radius 2 is 2.12 bits per heavy atom. The van der Waals surface area contributed by atoms with Crippen LogP contribution in [0, 0.1) is 11.8 Å². The van der Waals surface area contributed by atoms with Crippen LogP contribution in [0.5, 0.6) is 0 Å². The van der Waals surface area contributed by atoms with Gasteiger partial charge in [-0.1, -0.05) is 23.0 Å². The third-order valence-corrected chi connectivity index (χ3v) is 1.82. The lowest BCUT2D eigenvalue weighted by Crippen LogP contribution is -2.04. The van der Waals surface area contributed by atoms with Gasteiger partial charge in [-0.15, -0.1) is 0 Å². The highest BCUT2D eigenvalue weighted by molar-refractivity contribution is 5.38. The summed E-state index contributed by atoms with van der Waals surface area (Å²) in [6.07, 6.45) is -4.04. The largest absolute Gasteiger partial charge is 0.416 e. The maximum Gasteiger partial charge on any atom is 0.416 e. The quantitative estimate of drug-likeness (QED) is 0.248. The van der Waals surface area contributed by atoms with Gasteiger partial charge in [0.15, 0.2) is 0 Å². The normalized spacial score (nSPS) is 10.1. The molecule has 0 fully saturated rings. The van der Waals surface area contributed by atoms with E-state index in [2.05, 4.69) is 21.9 Å². The summed E-state index contributed by atoms with van der Waals surface area (Å²) in [4.78, 5) is 2.54. The fourth-order valence-corrected chi connectivity index (χ4v) is 1.09. The standard InChI is InChI=1S/C11H8F3N3/c12-11(13,14)10-6-3-5-9(8-10)4-1-2-7-16-17-15/h3,5-6,8H,2,7H2. The fraction of sp³-hybridized carbons (Fsp3) is 0.273. The minimum atomic E-state index is -4.36. The molecule has 1 rings (SSSR count). The highest BCUT2D eigenvalue weighted by atomic mass is 19.4. The molecule has 0 amide bonds. The van der Waals surface area contributed by atoms with Crippen molar-refractivity contribution in [3.63, 3.8) is 0 Å². The molecule has 0 aliphatic carbocycles. The van der Waals surface area contributed by atoms with Gasteiger partial charge in [-0.05, 0) is 23.7 Å². The van der Waals surface area contributed by atoms with Gasteiger partial charge < -0.3 is 0 Å². The molecule has 0 N–H and O–H groups in total. The first kappa shape index (κ1) is 12.9. The SMILES string of the molecule is [N-]=[N+]=NCCC#Cc1cccc(C(F)(F)F)c1. The summed E-state index contributed by atoms with van der Waals surface area (Å²) in [5, 5.41) is 3.26. The van der Waals surface area contributed by atoms with E-state index in [0.29, 0.717) is 12.0 Å². The second kappa shape index (κ2) is 5.83. The molecule has 88 valence electrons. The Bertz CT molecular complexity index is 491. The molecule has 3 nitrogen and oxygen atoms in total. The van der Waals surface area contributed by atoms with Crippen LogP contribution in [-0.4, -0.2) is 6.54 Å². The van der Waals surface area contributed by atoms with E-state index in [4.69, 9.17) is 5.53 Å². The van der Waals surface area contributed by atoms with Crippen molar-refractivity contribution >= 4 is 0 Å². The van der Waals surface area contributed by atoms with E-state index in [-0.39, 0.29) is 6.54 Å². The number of halogens is 3. The lowest BCUT2D eigenvalue weighted by Gasteiger charge is -2.05. The summed E-state index contributed by atoms with van der Waals surface area (Å²) in [5.74, 6) is 5.22. The van der Waals surface area contributed by atoms with Crippen LogP contribution in [-0.2, 0) is 6.18 Å². The van der Waals surface area contributed by atoms with Crippen molar-refractivity contribution < 1.29 is 13.2 Å². The summed E-state index contributed by atoms with van der Waals surface area (Å²) in [5.41, 5.74) is 7.56. The van der Waals surface area contributed by atoms with Crippen molar-refractivity contribution in [2.24, 2.45) is 5.11 Å². The molecule has 0 spiro atoms. The van der Waals surface area contributed by atoms with E-state index in [1.165, 1.54) is 12.1 Å².